The molecule has 7 nitrogen and oxygen atoms in total. The summed E-state index contributed by atoms with van der Waals surface area (Å²) in [6.07, 6.45) is 5.22. The molecule has 1 aromatic rings. The van der Waals surface area contributed by atoms with Gasteiger partial charge in [0.2, 0.25) is 5.91 Å². The summed E-state index contributed by atoms with van der Waals surface area (Å²) < 4.78 is 7.22. The number of nitrogens with one attached hydrogen (secondary N) is 1. The second-order valence-corrected chi connectivity index (χ2v) is 6.21. The van der Waals surface area contributed by atoms with Crippen LogP contribution in [0.1, 0.15) is 12.8 Å². The molecule has 3 rings (SSSR count). The van der Waals surface area contributed by atoms with Gasteiger partial charge in [0.05, 0.1) is 13.2 Å². The first-order chi connectivity index (χ1) is 11.3. The standard InChI is InChI=1S/C16H27N5O2/c22-16(3-7-20-6-1-4-18-20)21(15-2-5-17-14-15)9-8-19-10-12-23-13-11-19/h1,4,6,15,17H,2-3,5,7-14H2. The Morgan fingerprint density at radius 3 is 2.91 bits per heavy atom. The highest BCUT2D eigenvalue weighted by Gasteiger charge is 2.26. The summed E-state index contributed by atoms with van der Waals surface area (Å²) in [6, 6.07) is 2.22. The molecule has 0 aliphatic carbocycles. The van der Waals surface area contributed by atoms with Crippen molar-refractivity contribution >= 4 is 5.91 Å². The lowest BCUT2D eigenvalue weighted by atomic mass is 10.2. The van der Waals surface area contributed by atoms with Gasteiger partial charge in [0.25, 0.3) is 0 Å². The molecule has 0 saturated carbocycles. The molecule has 23 heavy (non-hydrogen) atoms. The number of ether oxygens (including phenoxy) is 1. The lowest BCUT2D eigenvalue weighted by Crippen LogP contribution is -2.47. The molecule has 1 aromatic heterocycles. The minimum Gasteiger partial charge on any atom is -0.379 e. The fourth-order valence-corrected chi connectivity index (χ4v) is 3.28. The molecule has 2 aliphatic rings. The number of morpholine rings is 1. The predicted octanol–water partition coefficient (Wildman–Crippen LogP) is -0.204. The molecule has 1 unspecified atom stereocenters. The summed E-state index contributed by atoms with van der Waals surface area (Å²) in [5.74, 6) is 0.238. The minimum absolute atomic E-state index is 0.238. The van der Waals surface area contributed by atoms with Gasteiger partial charge in [-0.1, -0.05) is 0 Å². The Balaban J connectivity index is 1.52. The Bertz CT molecular complexity index is 467. The van der Waals surface area contributed by atoms with Gasteiger partial charge in [-0.25, -0.2) is 0 Å². The fraction of sp³-hybridized carbons (Fsp3) is 0.750. The molecule has 0 aromatic carbocycles. The topological polar surface area (TPSA) is 62.6 Å². The minimum atomic E-state index is 0.238. The third-order valence-corrected chi connectivity index (χ3v) is 4.67. The molecular weight excluding hydrogens is 294 g/mol. The lowest BCUT2D eigenvalue weighted by Gasteiger charge is -2.33. The predicted molar refractivity (Wildman–Crippen MR) is 87.1 cm³/mol. The average Bonchev–Trinajstić information content (AvgIpc) is 3.28. The first-order valence-corrected chi connectivity index (χ1v) is 8.60. The summed E-state index contributed by atoms with van der Waals surface area (Å²) in [4.78, 5) is 17.2. The number of amides is 1. The molecule has 2 saturated heterocycles. The zero-order chi connectivity index (χ0) is 15.9. The molecule has 3 heterocycles. The maximum absolute atomic E-state index is 12.7. The molecule has 7 heteroatoms. The monoisotopic (exact) mass is 321 g/mol. The van der Waals surface area contributed by atoms with E-state index in [1.807, 2.05) is 16.9 Å². The van der Waals surface area contributed by atoms with Crippen LogP contribution in [0.4, 0.5) is 0 Å². The van der Waals surface area contributed by atoms with Crippen LogP contribution in [0.3, 0.4) is 0 Å². The summed E-state index contributed by atoms with van der Waals surface area (Å²) in [6.45, 7) is 7.87. The normalized spacial score (nSPS) is 22.3. The quantitative estimate of drug-likeness (QED) is 0.753. The van der Waals surface area contributed by atoms with Crippen LogP contribution in [0, 0.1) is 0 Å². The van der Waals surface area contributed by atoms with Gasteiger partial charge in [-0.05, 0) is 19.0 Å². The number of hydrogen-bond donors (Lipinski definition) is 1. The van der Waals surface area contributed by atoms with E-state index in [0.717, 1.165) is 58.9 Å². The van der Waals surface area contributed by atoms with Crippen LogP contribution in [0.15, 0.2) is 18.5 Å². The highest BCUT2D eigenvalue weighted by molar-refractivity contribution is 5.76. The van der Waals surface area contributed by atoms with Gasteiger partial charge in [0.15, 0.2) is 0 Å². The van der Waals surface area contributed by atoms with Gasteiger partial charge < -0.3 is 15.0 Å². The molecule has 0 radical (unpaired) electrons. The van der Waals surface area contributed by atoms with E-state index in [1.165, 1.54) is 0 Å². The van der Waals surface area contributed by atoms with Crippen molar-refractivity contribution in [2.24, 2.45) is 0 Å². The van der Waals surface area contributed by atoms with E-state index in [9.17, 15) is 4.79 Å². The number of nitrogens with zero attached hydrogens (tertiary/aromatic N) is 4. The number of aromatic nitrogens is 2. The van der Waals surface area contributed by atoms with Crippen LogP contribution >= 0.6 is 0 Å². The average molecular weight is 321 g/mol. The number of hydrogen-bond acceptors (Lipinski definition) is 5. The first-order valence-electron chi connectivity index (χ1n) is 8.60. The van der Waals surface area contributed by atoms with Crippen LogP contribution in [-0.2, 0) is 16.1 Å². The Labute approximate surface area is 137 Å². The van der Waals surface area contributed by atoms with Crippen molar-refractivity contribution in [3.63, 3.8) is 0 Å². The molecule has 0 bridgehead atoms. The largest absolute Gasteiger partial charge is 0.379 e. The van der Waals surface area contributed by atoms with Gasteiger partial charge in [0.1, 0.15) is 0 Å². The van der Waals surface area contributed by atoms with Gasteiger partial charge in [-0.3, -0.25) is 14.4 Å². The second kappa shape index (κ2) is 8.42. The molecule has 2 aliphatic heterocycles. The fourth-order valence-electron chi connectivity index (χ4n) is 3.28. The van der Waals surface area contributed by atoms with Crippen LogP contribution in [-0.4, -0.2) is 84.0 Å². The summed E-state index contributed by atoms with van der Waals surface area (Å²) in [7, 11) is 0. The zero-order valence-corrected chi connectivity index (χ0v) is 13.7. The summed E-state index contributed by atoms with van der Waals surface area (Å²) in [5, 5.41) is 7.55. The number of aryl methyl sites for hydroxylation is 1. The Kier molecular flexibility index (Phi) is 6.01. The zero-order valence-electron chi connectivity index (χ0n) is 13.7. The summed E-state index contributed by atoms with van der Waals surface area (Å²) >= 11 is 0. The number of rotatable bonds is 7. The van der Waals surface area contributed by atoms with Gasteiger partial charge in [-0.2, -0.15) is 5.10 Å². The molecule has 2 fully saturated rings. The van der Waals surface area contributed by atoms with Crippen molar-refractivity contribution < 1.29 is 9.53 Å². The highest BCUT2D eigenvalue weighted by atomic mass is 16.5. The van der Waals surface area contributed by atoms with E-state index < -0.39 is 0 Å². The molecule has 0 spiro atoms. The van der Waals surface area contributed by atoms with E-state index >= 15 is 0 Å². The highest BCUT2D eigenvalue weighted by Crippen LogP contribution is 2.11. The van der Waals surface area contributed by atoms with Gasteiger partial charge in [0, 0.05) is 64.1 Å². The van der Waals surface area contributed by atoms with Crippen LogP contribution in [0.5, 0.6) is 0 Å². The Morgan fingerprint density at radius 2 is 2.22 bits per heavy atom. The van der Waals surface area contributed by atoms with Crippen LogP contribution in [0.2, 0.25) is 0 Å². The summed E-state index contributed by atoms with van der Waals surface area (Å²) in [5.41, 5.74) is 0. The van der Waals surface area contributed by atoms with E-state index in [2.05, 4.69) is 20.2 Å². The smallest absolute Gasteiger partial charge is 0.224 e. The molecule has 128 valence electrons. The van der Waals surface area contributed by atoms with Gasteiger partial charge in [-0.15, -0.1) is 0 Å². The molecule has 1 amide bonds. The Morgan fingerprint density at radius 1 is 1.35 bits per heavy atom. The third-order valence-electron chi connectivity index (χ3n) is 4.67. The lowest BCUT2D eigenvalue weighted by molar-refractivity contribution is -0.133. The van der Waals surface area contributed by atoms with E-state index in [0.29, 0.717) is 19.0 Å². The van der Waals surface area contributed by atoms with Crippen molar-refractivity contribution in [1.82, 2.24) is 24.9 Å². The first kappa shape index (κ1) is 16.4. The van der Waals surface area contributed by atoms with Gasteiger partial charge >= 0.3 is 0 Å². The van der Waals surface area contributed by atoms with Crippen molar-refractivity contribution in [2.45, 2.75) is 25.4 Å². The maximum atomic E-state index is 12.7. The molecule has 1 atom stereocenters. The second-order valence-electron chi connectivity index (χ2n) is 6.21. The van der Waals surface area contributed by atoms with E-state index in [4.69, 9.17) is 4.74 Å². The Hall–Kier alpha value is -1.44. The van der Waals surface area contributed by atoms with E-state index in [-0.39, 0.29) is 5.91 Å². The SMILES string of the molecule is O=C(CCn1cccn1)N(CCN1CCOCC1)C1CCNC1. The van der Waals surface area contributed by atoms with Crippen LogP contribution < -0.4 is 5.32 Å². The number of carbonyl (C=O) groups excluding carboxylic acids is 1. The van der Waals surface area contributed by atoms with Crippen molar-refractivity contribution in [1.29, 1.82) is 0 Å². The molecular formula is C16H27N5O2. The van der Waals surface area contributed by atoms with E-state index in [1.54, 1.807) is 6.20 Å². The van der Waals surface area contributed by atoms with Crippen molar-refractivity contribution in [2.75, 3.05) is 52.5 Å². The number of carbonyl (C=O) groups is 1. The van der Waals surface area contributed by atoms with Crippen molar-refractivity contribution in [3.8, 4) is 0 Å². The molecule has 1 N–H and O–H groups in total. The third kappa shape index (κ3) is 4.76. The van der Waals surface area contributed by atoms with Crippen molar-refractivity contribution in [3.05, 3.63) is 18.5 Å². The maximum Gasteiger partial charge on any atom is 0.224 e. The van der Waals surface area contributed by atoms with Crippen LogP contribution in [0.25, 0.3) is 0 Å².